The highest BCUT2D eigenvalue weighted by molar-refractivity contribution is 5.91. The SMILES string of the molecule is O=C(C[NH+]1CCC[C@@H]1c1ccc2c(c1)OCCO2)Nc1ccc(C(F)(F)F)cc1. The number of halogens is 3. The number of fused-ring (bicyclic) bond motifs is 1. The van der Waals surface area contributed by atoms with Crippen molar-refractivity contribution >= 4 is 11.6 Å². The fraction of sp³-hybridized carbons (Fsp3) is 0.381. The lowest BCUT2D eigenvalue weighted by Gasteiger charge is -2.24. The van der Waals surface area contributed by atoms with E-state index in [-0.39, 0.29) is 18.5 Å². The van der Waals surface area contributed by atoms with E-state index in [0.717, 1.165) is 53.5 Å². The molecule has 1 saturated heterocycles. The standard InChI is InChI=1S/C21H21F3N2O3/c22-21(23,24)15-4-6-16(7-5-15)25-20(27)13-26-9-1-2-17(26)14-3-8-18-19(12-14)29-11-10-28-18/h3-8,12,17H,1-2,9-11,13H2,(H,25,27)/p+1/t17-/m1/s1. The number of hydrogen-bond acceptors (Lipinski definition) is 3. The molecule has 1 unspecified atom stereocenters. The van der Waals surface area contributed by atoms with Crippen LogP contribution in [0.4, 0.5) is 18.9 Å². The summed E-state index contributed by atoms with van der Waals surface area (Å²) in [5, 5.41) is 2.70. The van der Waals surface area contributed by atoms with E-state index in [0.29, 0.717) is 18.9 Å². The van der Waals surface area contributed by atoms with Gasteiger partial charge in [-0.05, 0) is 42.5 Å². The molecule has 0 aliphatic carbocycles. The Balaban J connectivity index is 1.40. The molecule has 1 amide bonds. The number of quaternary nitrogens is 1. The van der Waals surface area contributed by atoms with Gasteiger partial charge in [0.25, 0.3) is 5.91 Å². The van der Waals surface area contributed by atoms with Gasteiger partial charge in [0.2, 0.25) is 0 Å². The Kier molecular flexibility index (Phi) is 5.36. The maximum atomic E-state index is 12.7. The second kappa shape index (κ2) is 7.94. The van der Waals surface area contributed by atoms with Gasteiger partial charge in [-0.3, -0.25) is 4.79 Å². The van der Waals surface area contributed by atoms with Gasteiger partial charge in [-0.15, -0.1) is 0 Å². The fourth-order valence-electron chi connectivity index (χ4n) is 3.96. The number of amides is 1. The third-order valence-corrected chi connectivity index (χ3v) is 5.34. The van der Waals surface area contributed by atoms with E-state index in [2.05, 4.69) is 5.32 Å². The molecule has 2 heterocycles. The van der Waals surface area contributed by atoms with Crippen LogP contribution in [0.15, 0.2) is 42.5 Å². The quantitative estimate of drug-likeness (QED) is 0.820. The minimum absolute atomic E-state index is 0.171. The van der Waals surface area contributed by atoms with Gasteiger partial charge < -0.3 is 19.7 Å². The Labute approximate surface area is 166 Å². The number of likely N-dealkylation sites (tertiary alicyclic amines) is 1. The van der Waals surface area contributed by atoms with E-state index in [1.54, 1.807) is 0 Å². The summed E-state index contributed by atoms with van der Waals surface area (Å²) >= 11 is 0. The van der Waals surface area contributed by atoms with E-state index < -0.39 is 11.7 Å². The summed E-state index contributed by atoms with van der Waals surface area (Å²) in [5.74, 6) is 1.25. The van der Waals surface area contributed by atoms with E-state index in [9.17, 15) is 18.0 Å². The molecule has 8 heteroatoms. The third kappa shape index (κ3) is 4.48. The van der Waals surface area contributed by atoms with Gasteiger partial charge in [-0.25, -0.2) is 0 Å². The van der Waals surface area contributed by atoms with Crippen molar-refractivity contribution in [2.75, 3.05) is 31.6 Å². The summed E-state index contributed by atoms with van der Waals surface area (Å²) in [5.41, 5.74) is 0.723. The van der Waals surface area contributed by atoms with Crippen LogP contribution in [0, 0.1) is 0 Å². The molecular weight excluding hydrogens is 385 g/mol. The molecule has 1 fully saturated rings. The number of anilines is 1. The normalized spacial score (nSPS) is 21.1. The predicted octanol–water partition coefficient (Wildman–Crippen LogP) is 2.84. The van der Waals surface area contributed by atoms with Crippen LogP contribution >= 0.6 is 0 Å². The first-order valence-electron chi connectivity index (χ1n) is 9.61. The molecule has 0 radical (unpaired) electrons. The van der Waals surface area contributed by atoms with Crippen molar-refractivity contribution in [1.82, 2.24) is 0 Å². The molecule has 2 atom stereocenters. The summed E-state index contributed by atoms with van der Waals surface area (Å²) in [7, 11) is 0. The Morgan fingerprint density at radius 2 is 1.79 bits per heavy atom. The lowest BCUT2D eigenvalue weighted by Crippen LogP contribution is -3.11. The van der Waals surface area contributed by atoms with Gasteiger partial charge >= 0.3 is 6.18 Å². The number of rotatable bonds is 4. The average Bonchev–Trinajstić information content (AvgIpc) is 3.15. The molecule has 0 aromatic heterocycles. The molecule has 2 N–H and O–H groups in total. The van der Waals surface area contributed by atoms with Crippen molar-refractivity contribution < 1.29 is 32.3 Å². The van der Waals surface area contributed by atoms with Gasteiger partial charge in [-0.1, -0.05) is 0 Å². The van der Waals surface area contributed by atoms with Crippen LogP contribution in [0.2, 0.25) is 0 Å². The lowest BCUT2D eigenvalue weighted by atomic mass is 10.0. The van der Waals surface area contributed by atoms with E-state index in [1.807, 2.05) is 18.2 Å². The molecule has 0 bridgehead atoms. The monoisotopic (exact) mass is 407 g/mol. The summed E-state index contributed by atoms with van der Waals surface area (Å²) in [6.07, 6.45) is -2.43. The van der Waals surface area contributed by atoms with Gasteiger partial charge in [0.05, 0.1) is 12.1 Å². The van der Waals surface area contributed by atoms with Gasteiger partial charge in [0.15, 0.2) is 18.0 Å². The highest BCUT2D eigenvalue weighted by Crippen LogP contribution is 2.33. The maximum Gasteiger partial charge on any atom is 0.416 e. The summed E-state index contributed by atoms with van der Waals surface area (Å²) < 4.78 is 49.2. The first-order valence-corrected chi connectivity index (χ1v) is 9.61. The topological polar surface area (TPSA) is 52.0 Å². The van der Waals surface area contributed by atoms with Crippen molar-refractivity contribution in [1.29, 1.82) is 0 Å². The number of hydrogen-bond donors (Lipinski definition) is 2. The van der Waals surface area contributed by atoms with Crippen molar-refractivity contribution in [3.05, 3.63) is 53.6 Å². The second-order valence-corrected chi connectivity index (χ2v) is 7.31. The molecular formula is C21H22F3N2O3+. The predicted molar refractivity (Wildman–Crippen MR) is 100 cm³/mol. The van der Waals surface area contributed by atoms with Crippen LogP contribution in [-0.2, 0) is 11.0 Å². The molecule has 2 aliphatic heterocycles. The molecule has 5 nitrogen and oxygen atoms in total. The lowest BCUT2D eigenvalue weighted by molar-refractivity contribution is -0.910. The van der Waals surface area contributed by atoms with Gasteiger partial charge in [-0.2, -0.15) is 13.2 Å². The smallest absolute Gasteiger partial charge is 0.416 e. The number of carbonyl (C=O) groups excluding carboxylic acids is 1. The van der Waals surface area contributed by atoms with Crippen LogP contribution in [0.1, 0.15) is 30.0 Å². The molecule has 29 heavy (non-hydrogen) atoms. The van der Waals surface area contributed by atoms with E-state index >= 15 is 0 Å². The number of carbonyl (C=O) groups is 1. The van der Waals surface area contributed by atoms with E-state index in [4.69, 9.17) is 9.47 Å². The van der Waals surface area contributed by atoms with Gasteiger partial charge in [0, 0.05) is 24.1 Å². The molecule has 154 valence electrons. The number of benzene rings is 2. The molecule has 2 aromatic rings. The Morgan fingerprint density at radius 1 is 1.07 bits per heavy atom. The molecule has 2 aromatic carbocycles. The number of alkyl halides is 3. The molecule has 0 saturated carbocycles. The van der Waals surface area contributed by atoms with Crippen LogP contribution in [-0.4, -0.2) is 32.2 Å². The van der Waals surface area contributed by atoms with Crippen LogP contribution < -0.4 is 19.7 Å². The van der Waals surface area contributed by atoms with Crippen LogP contribution in [0.3, 0.4) is 0 Å². The number of nitrogens with one attached hydrogen (secondary N) is 2. The average molecular weight is 407 g/mol. The molecule has 0 spiro atoms. The Morgan fingerprint density at radius 3 is 2.52 bits per heavy atom. The number of ether oxygens (including phenoxy) is 2. The molecule has 2 aliphatic rings. The minimum Gasteiger partial charge on any atom is -0.486 e. The van der Waals surface area contributed by atoms with Gasteiger partial charge in [0.1, 0.15) is 19.3 Å². The zero-order valence-corrected chi connectivity index (χ0v) is 15.7. The first kappa shape index (κ1) is 19.6. The van der Waals surface area contributed by atoms with Crippen molar-refractivity contribution in [3.8, 4) is 11.5 Å². The summed E-state index contributed by atoms with van der Waals surface area (Å²) in [4.78, 5) is 13.6. The fourth-order valence-corrected chi connectivity index (χ4v) is 3.96. The van der Waals surface area contributed by atoms with Crippen molar-refractivity contribution in [2.24, 2.45) is 0 Å². The van der Waals surface area contributed by atoms with Crippen LogP contribution in [0.5, 0.6) is 11.5 Å². The minimum atomic E-state index is -4.39. The second-order valence-electron chi connectivity index (χ2n) is 7.31. The highest BCUT2D eigenvalue weighted by Gasteiger charge is 2.33. The molecule has 4 rings (SSSR count). The third-order valence-electron chi connectivity index (χ3n) is 5.34. The van der Waals surface area contributed by atoms with Crippen LogP contribution in [0.25, 0.3) is 0 Å². The largest absolute Gasteiger partial charge is 0.486 e. The Bertz CT molecular complexity index is 884. The summed E-state index contributed by atoms with van der Waals surface area (Å²) in [6, 6.07) is 10.6. The summed E-state index contributed by atoms with van der Waals surface area (Å²) in [6.45, 7) is 2.17. The zero-order chi connectivity index (χ0) is 20.4. The van der Waals surface area contributed by atoms with Crippen molar-refractivity contribution in [2.45, 2.75) is 25.1 Å². The van der Waals surface area contributed by atoms with Crippen molar-refractivity contribution in [3.63, 3.8) is 0 Å². The highest BCUT2D eigenvalue weighted by atomic mass is 19.4. The first-order chi connectivity index (χ1) is 13.9. The zero-order valence-electron chi connectivity index (χ0n) is 15.7. The Hall–Kier alpha value is -2.74. The maximum absolute atomic E-state index is 12.7. The van der Waals surface area contributed by atoms with E-state index in [1.165, 1.54) is 12.1 Å².